The van der Waals surface area contributed by atoms with Gasteiger partial charge in [-0.2, -0.15) is 13.2 Å². The summed E-state index contributed by atoms with van der Waals surface area (Å²) in [5, 5.41) is 0. The topological polar surface area (TPSA) is 9.23 Å². The Bertz CT molecular complexity index is 589. The van der Waals surface area contributed by atoms with Crippen molar-refractivity contribution >= 4 is 0 Å². The van der Waals surface area contributed by atoms with Gasteiger partial charge in [0.15, 0.2) is 0 Å². The van der Waals surface area contributed by atoms with Gasteiger partial charge in [-0.3, -0.25) is 0 Å². The Morgan fingerprint density at radius 1 is 0.889 bits per heavy atom. The van der Waals surface area contributed by atoms with Gasteiger partial charge < -0.3 is 4.74 Å². The molecule has 4 heteroatoms. The Balaban J connectivity index is 1.45. The van der Waals surface area contributed by atoms with Crippen LogP contribution in [-0.4, -0.2) is 13.7 Å². The first-order valence-corrected chi connectivity index (χ1v) is 10.3. The lowest BCUT2D eigenvalue weighted by Crippen LogP contribution is -2.25. The number of methoxy groups -OCH3 is 1. The Kier molecular flexibility index (Phi) is 7.02. The standard InChI is InChI=1S/C23H31F3O/c1-27-16-2-3-17-4-6-18(7-5-17)19-8-10-20(11-9-19)21-12-14-22(15-13-21)23(24,25)26/h2-3,12-15,17-20H,4-11,16H2,1H3/b3-2+/t17-,18-,19?,20?. The first kappa shape index (κ1) is 20.4. The molecule has 0 bridgehead atoms. The fourth-order valence-corrected chi connectivity index (χ4v) is 5.02. The number of rotatable bonds is 5. The minimum Gasteiger partial charge on any atom is -0.381 e. The lowest BCUT2D eigenvalue weighted by molar-refractivity contribution is -0.137. The third-order valence-electron chi connectivity index (χ3n) is 6.64. The van der Waals surface area contributed by atoms with Crippen molar-refractivity contribution in [1.82, 2.24) is 0 Å². The molecule has 0 saturated heterocycles. The van der Waals surface area contributed by atoms with E-state index in [0.717, 1.165) is 30.2 Å². The Labute approximate surface area is 161 Å². The molecule has 2 saturated carbocycles. The van der Waals surface area contributed by atoms with Crippen LogP contribution in [0, 0.1) is 17.8 Å². The molecule has 2 fully saturated rings. The molecule has 2 aliphatic rings. The van der Waals surface area contributed by atoms with Gasteiger partial charge in [-0.25, -0.2) is 0 Å². The zero-order valence-corrected chi connectivity index (χ0v) is 16.2. The molecule has 0 atom stereocenters. The van der Waals surface area contributed by atoms with Gasteiger partial charge in [0.05, 0.1) is 12.2 Å². The molecule has 1 aromatic rings. The number of hydrogen-bond donors (Lipinski definition) is 0. The van der Waals surface area contributed by atoms with Gasteiger partial charge in [0, 0.05) is 7.11 Å². The molecule has 27 heavy (non-hydrogen) atoms. The summed E-state index contributed by atoms with van der Waals surface area (Å²) in [5.74, 6) is 2.78. The van der Waals surface area contributed by atoms with Crippen molar-refractivity contribution in [2.24, 2.45) is 17.8 Å². The van der Waals surface area contributed by atoms with Crippen molar-refractivity contribution in [2.45, 2.75) is 63.5 Å². The van der Waals surface area contributed by atoms with E-state index < -0.39 is 11.7 Å². The summed E-state index contributed by atoms with van der Waals surface area (Å²) in [5.41, 5.74) is 0.532. The third-order valence-corrected chi connectivity index (χ3v) is 6.64. The maximum absolute atomic E-state index is 12.7. The van der Waals surface area contributed by atoms with E-state index >= 15 is 0 Å². The second-order valence-corrected chi connectivity index (χ2v) is 8.29. The monoisotopic (exact) mass is 380 g/mol. The van der Waals surface area contributed by atoms with Crippen LogP contribution in [0.25, 0.3) is 0 Å². The largest absolute Gasteiger partial charge is 0.416 e. The molecule has 3 rings (SSSR count). The average Bonchev–Trinajstić information content (AvgIpc) is 2.68. The van der Waals surface area contributed by atoms with E-state index in [1.165, 1.54) is 50.7 Å². The van der Waals surface area contributed by atoms with Crippen LogP contribution in [0.15, 0.2) is 36.4 Å². The Hall–Kier alpha value is -1.29. The van der Waals surface area contributed by atoms with Gasteiger partial charge in [-0.15, -0.1) is 0 Å². The van der Waals surface area contributed by atoms with E-state index in [1.54, 1.807) is 19.2 Å². The fourth-order valence-electron chi connectivity index (χ4n) is 5.02. The van der Waals surface area contributed by atoms with E-state index in [1.807, 2.05) is 0 Å². The molecule has 0 radical (unpaired) electrons. The van der Waals surface area contributed by atoms with Crippen molar-refractivity contribution in [2.75, 3.05) is 13.7 Å². The number of allylic oxidation sites excluding steroid dienone is 1. The summed E-state index contributed by atoms with van der Waals surface area (Å²) in [4.78, 5) is 0. The van der Waals surface area contributed by atoms with Gasteiger partial charge in [0.2, 0.25) is 0 Å². The van der Waals surface area contributed by atoms with Crippen LogP contribution in [0.5, 0.6) is 0 Å². The normalized spacial score (nSPS) is 29.9. The molecular weight excluding hydrogens is 349 g/mol. The summed E-state index contributed by atoms with van der Waals surface area (Å²) in [6.45, 7) is 0.702. The van der Waals surface area contributed by atoms with Crippen LogP contribution in [0.4, 0.5) is 13.2 Å². The Morgan fingerprint density at radius 2 is 1.44 bits per heavy atom. The van der Waals surface area contributed by atoms with Crippen molar-refractivity contribution in [3.63, 3.8) is 0 Å². The van der Waals surface area contributed by atoms with E-state index in [2.05, 4.69) is 12.2 Å². The average molecular weight is 380 g/mol. The molecule has 1 aromatic carbocycles. The fraction of sp³-hybridized carbons (Fsp3) is 0.652. The van der Waals surface area contributed by atoms with Crippen LogP contribution in [0.3, 0.4) is 0 Å². The molecule has 0 spiro atoms. The van der Waals surface area contributed by atoms with E-state index in [4.69, 9.17) is 4.74 Å². The molecule has 0 aliphatic heterocycles. The van der Waals surface area contributed by atoms with E-state index in [0.29, 0.717) is 18.4 Å². The third kappa shape index (κ3) is 5.60. The van der Waals surface area contributed by atoms with E-state index in [9.17, 15) is 13.2 Å². The van der Waals surface area contributed by atoms with Gasteiger partial charge in [-0.1, -0.05) is 24.3 Å². The second kappa shape index (κ2) is 9.27. The first-order valence-electron chi connectivity index (χ1n) is 10.3. The van der Waals surface area contributed by atoms with Crippen LogP contribution >= 0.6 is 0 Å². The van der Waals surface area contributed by atoms with Gasteiger partial charge in [0.1, 0.15) is 0 Å². The number of ether oxygens (including phenoxy) is 1. The highest BCUT2D eigenvalue weighted by Crippen LogP contribution is 2.44. The molecule has 0 amide bonds. The molecule has 0 heterocycles. The van der Waals surface area contributed by atoms with Gasteiger partial charge in [-0.05, 0) is 92.7 Å². The molecule has 0 unspecified atom stereocenters. The highest BCUT2D eigenvalue weighted by molar-refractivity contribution is 5.27. The summed E-state index contributed by atoms with van der Waals surface area (Å²) >= 11 is 0. The highest BCUT2D eigenvalue weighted by atomic mass is 19.4. The molecule has 2 aliphatic carbocycles. The zero-order valence-electron chi connectivity index (χ0n) is 16.2. The minimum atomic E-state index is -4.24. The predicted octanol–water partition coefficient (Wildman–Crippen LogP) is 6.99. The summed E-state index contributed by atoms with van der Waals surface area (Å²) in [6, 6.07) is 5.84. The van der Waals surface area contributed by atoms with Crippen molar-refractivity contribution < 1.29 is 17.9 Å². The van der Waals surface area contributed by atoms with Crippen LogP contribution < -0.4 is 0 Å². The molecule has 150 valence electrons. The zero-order chi connectivity index (χ0) is 19.3. The smallest absolute Gasteiger partial charge is 0.381 e. The number of benzene rings is 1. The molecule has 0 aromatic heterocycles. The van der Waals surface area contributed by atoms with Gasteiger partial charge in [0.25, 0.3) is 0 Å². The Morgan fingerprint density at radius 3 is 1.96 bits per heavy atom. The molecule has 0 N–H and O–H groups in total. The van der Waals surface area contributed by atoms with Gasteiger partial charge >= 0.3 is 6.18 Å². The summed E-state index contributed by atoms with van der Waals surface area (Å²) < 4.78 is 43.2. The van der Waals surface area contributed by atoms with Crippen LogP contribution in [-0.2, 0) is 10.9 Å². The quantitative estimate of drug-likeness (QED) is 0.500. The maximum atomic E-state index is 12.7. The van der Waals surface area contributed by atoms with Crippen molar-refractivity contribution in [3.05, 3.63) is 47.5 Å². The first-order chi connectivity index (χ1) is 13.0. The summed E-state index contributed by atoms with van der Waals surface area (Å²) in [6.07, 6.45) is 10.1. The predicted molar refractivity (Wildman–Crippen MR) is 103 cm³/mol. The summed E-state index contributed by atoms with van der Waals surface area (Å²) in [7, 11) is 1.72. The number of alkyl halides is 3. The lowest BCUT2D eigenvalue weighted by atomic mass is 9.68. The SMILES string of the molecule is COC/C=C/[C@H]1CC[C@H](C2CCC(c3ccc(C(F)(F)F)cc3)CC2)CC1. The lowest BCUT2D eigenvalue weighted by Gasteiger charge is -2.37. The van der Waals surface area contributed by atoms with Crippen LogP contribution in [0.2, 0.25) is 0 Å². The second-order valence-electron chi connectivity index (χ2n) is 8.29. The number of halogens is 3. The molecular formula is C23H31F3O. The van der Waals surface area contributed by atoms with Crippen molar-refractivity contribution in [3.8, 4) is 0 Å². The minimum absolute atomic E-state index is 0.428. The van der Waals surface area contributed by atoms with E-state index in [-0.39, 0.29) is 0 Å². The maximum Gasteiger partial charge on any atom is 0.416 e. The molecule has 1 nitrogen and oxygen atoms in total. The number of hydrogen-bond acceptors (Lipinski definition) is 1. The van der Waals surface area contributed by atoms with Crippen LogP contribution in [0.1, 0.15) is 68.4 Å². The van der Waals surface area contributed by atoms with Crippen molar-refractivity contribution in [1.29, 1.82) is 0 Å². The highest BCUT2D eigenvalue weighted by Gasteiger charge is 2.32.